The third kappa shape index (κ3) is 2.83. The van der Waals surface area contributed by atoms with Gasteiger partial charge >= 0.3 is 0 Å². The van der Waals surface area contributed by atoms with Crippen molar-refractivity contribution in [3.63, 3.8) is 0 Å². The highest BCUT2D eigenvalue weighted by molar-refractivity contribution is 5.41. The Morgan fingerprint density at radius 2 is 1.85 bits per heavy atom. The molecule has 4 heteroatoms. The van der Waals surface area contributed by atoms with Crippen LogP contribution in [0.25, 0.3) is 0 Å². The molecule has 0 fully saturated rings. The number of hydrogen-bond donors (Lipinski definition) is 1. The lowest BCUT2D eigenvalue weighted by atomic mass is 10.3. The van der Waals surface area contributed by atoms with Crippen molar-refractivity contribution in [1.29, 1.82) is 0 Å². The first kappa shape index (κ1) is 9.67. The molecule has 0 radical (unpaired) electrons. The molecule has 0 unspecified atom stereocenters. The van der Waals surface area contributed by atoms with Gasteiger partial charge in [-0.25, -0.2) is 0 Å². The third-order valence-corrected chi connectivity index (χ3v) is 1.44. The minimum Gasteiger partial charge on any atom is -0.508 e. The van der Waals surface area contributed by atoms with E-state index in [1.165, 1.54) is 26.4 Å². The van der Waals surface area contributed by atoms with Crippen LogP contribution in [0.4, 0.5) is 0 Å². The Kier molecular flexibility index (Phi) is 3.40. The van der Waals surface area contributed by atoms with Gasteiger partial charge in [0.15, 0.2) is 6.79 Å². The van der Waals surface area contributed by atoms with Crippen LogP contribution in [0.1, 0.15) is 0 Å². The molecule has 0 atom stereocenters. The van der Waals surface area contributed by atoms with Crippen LogP contribution in [0.3, 0.4) is 0 Å². The maximum Gasteiger partial charge on any atom is 0.188 e. The SMILES string of the molecule is COCOc1cc(O)cc(OC)c1. The second-order valence-corrected chi connectivity index (χ2v) is 2.42. The molecule has 0 saturated heterocycles. The number of phenolic OH excluding ortho intramolecular Hbond substituents is 1. The van der Waals surface area contributed by atoms with Gasteiger partial charge in [0.1, 0.15) is 17.2 Å². The van der Waals surface area contributed by atoms with Crippen LogP contribution in [0.15, 0.2) is 18.2 Å². The Hall–Kier alpha value is -1.42. The summed E-state index contributed by atoms with van der Waals surface area (Å²) < 4.78 is 14.8. The fraction of sp³-hybridized carbons (Fsp3) is 0.333. The standard InChI is InChI=1S/C9H12O4/c1-11-6-13-9-4-7(10)3-8(5-9)12-2/h3-5,10H,6H2,1-2H3. The summed E-state index contributed by atoms with van der Waals surface area (Å²) in [6.45, 7) is 0.145. The van der Waals surface area contributed by atoms with Crippen molar-refractivity contribution < 1.29 is 19.3 Å². The molecular formula is C9H12O4. The van der Waals surface area contributed by atoms with E-state index < -0.39 is 0 Å². The maximum atomic E-state index is 9.22. The van der Waals surface area contributed by atoms with Gasteiger partial charge in [0.2, 0.25) is 0 Å². The molecule has 1 aromatic rings. The second kappa shape index (κ2) is 4.57. The van der Waals surface area contributed by atoms with E-state index >= 15 is 0 Å². The fourth-order valence-electron chi connectivity index (χ4n) is 0.885. The number of hydrogen-bond acceptors (Lipinski definition) is 4. The van der Waals surface area contributed by atoms with E-state index in [1.807, 2.05) is 0 Å². The predicted octanol–water partition coefficient (Wildman–Crippen LogP) is 1.38. The molecule has 0 saturated carbocycles. The van der Waals surface area contributed by atoms with Gasteiger partial charge < -0.3 is 19.3 Å². The molecule has 0 aliphatic heterocycles. The molecule has 72 valence electrons. The van der Waals surface area contributed by atoms with E-state index in [0.717, 1.165) is 0 Å². The van der Waals surface area contributed by atoms with Gasteiger partial charge in [-0.15, -0.1) is 0 Å². The quantitative estimate of drug-likeness (QED) is 0.718. The van der Waals surface area contributed by atoms with Gasteiger partial charge in [-0.3, -0.25) is 0 Å². The maximum absolute atomic E-state index is 9.22. The number of methoxy groups -OCH3 is 2. The summed E-state index contributed by atoms with van der Waals surface area (Å²) in [6, 6.07) is 4.65. The average molecular weight is 184 g/mol. The molecule has 1 N–H and O–H groups in total. The van der Waals surface area contributed by atoms with Crippen LogP contribution in [-0.2, 0) is 4.74 Å². The smallest absolute Gasteiger partial charge is 0.188 e. The monoisotopic (exact) mass is 184 g/mol. The van der Waals surface area contributed by atoms with Gasteiger partial charge in [0.25, 0.3) is 0 Å². The molecule has 0 aromatic heterocycles. The molecule has 0 spiro atoms. The first-order valence-electron chi connectivity index (χ1n) is 3.76. The number of ether oxygens (including phenoxy) is 3. The number of benzene rings is 1. The minimum absolute atomic E-state index is 0.102. The Bertz CT molecular complexity index is 272. The molecule has 1 aromatic carbocycles. The van der Waals surface area contributed by atoms with Crippen LogP contribution in [0, 0.1) is 0 Å². The Morgan fingerprint density at radius 3 is 2.46 bits per heavy atom. The van der Waals surface area contributed by atoms with E-state index in [0.29, 0.717) is 11.5 Å². The van der Waals surface area contributed by atoms with Gasteiger partial charge in [-0.05, 0) is 0 Å². The van der Waals surface area contributed by atoms with E-state index in [1.54, 1.807) is 6.07 Å². The Balaban J connectivity index is 2.76. The zero-order valence-corrected chi connectivity index (χ0v) is 7.61. The van der Waals surface area contributed by atoms with Crippen molar-refractivity contribution in [2.24, 2.45) is 0 Å². The summed E-state index contributed by atoms with van der Waals surface area (Å²) in [7, 11) is 3.05. The topological polar surface area (TPSA) is 47.9 Å². The highest BCUT2D eigenvalue weighted by atomic mass is 16.7. The van der Waals surface area contributed by atoms with Gasteiger partial charge in [-0.2, -0.15) is 0 Å². The van der Waals surface area contributed by atoms with Crippen LogP contribution in [0.5, 0.6) is 17.2 Å². The van der Waals surface area contributed by atoms with Crippen molar-refractivity contribution in [3.8, 4) is 17.2 Å². The lowest BCUT2D eigenvalue weighted by Gasteiger charge is -2.07. The molecule has 13 heavy (non-hydrogen) atoms. The zero-order chi connectivity index (χ0) is 9.68. The third-order valence-electron chi connectivity index (χ3n) is 1.44. The van der Waals surface area contributed by atoms with Crippen LogP contribution >= 0.6 is 0 Å². The molecule has 0 heterocycles. The molecule has 0 aliphatic rings. The highest BCUT2D eigenvalue weighted by Crippen LogP contribution is 2.26. The zero-order valence-electron chi connectivity index (χ0n) is 7.61. The normalized spacial score (nSPS) is 9.69. The summed E-state index contributed by atoms with van der Waals surface area (Å²) in [5.41, 5.74) is 0. The first-order chi connectivity index (χ1) is 6.26. The Morgan fingerprint density at radius 1 is 1.15 bits per heavy atom. The van der Waals surface area contributed by atoms with Gasteiger partial charge in [0.05, 0.1) is 7.11 Å². The molecule has 1 rings (SSSR count). The summed E-state index contributed by atoms with van der Waals surface area (Å²) in [5, 5.41) is 9.22. The molecule has 0 aliphatic carbocycles. The van der Waals surface area contributed by atoms with E-state index in [9.17, 15) is 5.11 Å². The lowest BCUT2D eigenvalue weighted by Crippen LogP contribution is -1.98. The number of rotatable bonds is 4. The summed E-state index contributed by atoms with van der Waals surface area (Å²) in [6.07, 6.45) is 0. The highest BCUT2D eigenvalue weighted by Gasteiger charge is 2.00. The van der Waals surface area contributed by atoms with Crippen LogP contribution in [0.2, 0.25) is 0 Å². The predicted molar refractivity (Wildman–Crippen MR) is 47.2 cm³/mol. The fourth-order valence-corrected chi connectivity index (χ4v) is 0.885. The molecule has 0 amide bonds. The van der Waals surface area contributed by atoms with Crippen molar-refractivity contribution in [1.82, 2.24) is 0 Å². The average Bonchev–Trinajstić information content (AvgIpc) is 2.14. The van der Waals surface area contributed by atoms with Gasteiger partial charge in [-0.1, -0.05) is 0 Å². The van der Waals surface area contributed by atoms with Crippen LogP contribution in [-0.4, -0.2) is 26.1 Å². The van der Waals surface area contributed by atoms with Crippen molar-refractivity contribution in [2.75, 3.05) is 21.0 Å². The van der Waals surface area contributed by atoms with Crippen LogP contribution < -0.4 is 9.47 Å². The lowest BCUT2D eigenvalue weighted by molar-refractivity contribution is 0.0508. The summed E-state index contributed by atoms with van der Waals surface area (Å²) in [4.78, 5) is 0. The largest absolute Gasteiger partial charge is 0.508 e. The summed E-state index contributed by atoms with van der Waals surface area (Å²) in [5.74, 6) is 1.16. The molecular weight excluding hydrogens is 172 g/mol. The van der Waals surface area contributed by atoms with E-state index in [-0.39, 0.29) is 12.5 Å². The Labute approximate surface area is 76.7 Å². The molecule has 0 bridgehead atoms. The van der Waals surface area contributed by atoms with Crippen molar-refractivity contribution in [2.45, 2.75) is 0 Å². The number of aromatic hydroxyl groups is 1. The van der Waals surface area contributed by atoms with E-state index in [2.05, 4.69) is 0 Å². The van der Waals surface area contributed by atoms with E-state index in [4.69, 9.17) is 14.2 Å². The van der Waals surface area contributed by atoms with Crippen molar-refractivity contribution >= 4 is 0 Å². The minimum atomic E-state index is 0.102. The van der Waals surface area contributed by atoms with Gasteiger partial charge in [0, 0.05) is 25.3 Å². The summed E-state index contributed by atoms with van der Waals surface area (Å²) >= 11 is 0. The number of phenols is 1. The molecule has 4 nitrogen and oxygen atoms in total. The first-order valence-corrected chi connectivity index (χ1v) is 3.76. The van der Waals surface area contributed by atoms with Crippen molar-refractivity contribution in [3.05, 3.63) is 18.2 Å². The second-order valence-electron chi connectivity index (χ2n) is 2.42.